The number of benzene rings is 3. The zero-order valence-corrected chi connectivity index (χ0v) is 34.8. The molecular formula is C46H57ClN6O4. The minimum absolute atomic E-state index is 0.283. The number of imidazole rings is 1. The molecule has 0 bridgehead atoms. The highest BCUT2D eigenvalue weighted by Gasteiger charge is 2.22. The van der Waals surface area contributed by atoms with Gasteiger partial charge in [-0.1, -0.05) is 53.1 Å². The van der Waals surface area contributed by atoms with E-state index < -0.39 is 0 Å². The molecule has 1 unspecified atom stereocenters. The van der Waals surface area contributed by atoms with Crippen LogP contribution < -0.4 is 11.1 Å². The first-order valence-electron chi connectivity index (χ1n) is 20.5. The third-order valence-corrected chi connectivity index (χ3v) is 11.9. The number of hydrogen-bond acceptors (Lipinski definition) is 9. The third-order valence-electron chi connectivity index (χ3n) is 11.7. The van der Waals surface area contributed by atoms with Crippen molar-refractivity contribution in [1.29, 1.82) is 0 Å². The van der Waals surface area contributed by atoms with Crippen LogP contribution in [0.15, 0.2) is 69.7 Å². The number of nitrogens with zero attached hydrogens (tertiary/aromatic N) is 4. The molecule has 0 aliphatic carbocycles. The largest absolute Gasteiger partial charge is 0.397 e. The standard InChI is InChI=1S/C28H32ClN3O2.C18H25N3O2/c1-18(16-22-4-7-24(29)8-5-22)28-30-25-17-23(27-19(2)31-34-20(27)3)6-9-26(25)32(28)13-10-21-11-14-33-15-12-21;1-12-18(13(2)23-21-12)15-3-4-17(16(19)11-15)20-8-5-14-6-9-22-10-7-14/h4-9,17-18,21H,10-16H2,1-3H3;3-4,11,14,20H,5-10,19H2,1-2H3. The summed E-state index contributed by atoms with van der Waals surface area (Å²) in [4.78, 5) is 5.18. The zero-order valence-electron chi connectivity index (χ0n) is 34.1. The summed E-state index contributed by atoms with van der Waals surface area (Å²) in [5.74, 6) is 4.57. The molecule has 3 aromatic carbocycles. The Kier molecular flexibility index (Phi) is 13.3. The van der Waals surface area contributed by atoms with Crippen LogP contribution in [0.2, 0.25) is 5.02 Å². The molecule has 57 heavy (non-hydrogen) atoms. The number of hydrogen-bond donors (Lipinski definition) is 2. The summed E-state index contributed by atoms with van der Waals surface area (Å²) in [6.07, 6.45) is 7.88. The summed E-state index contributed by atoms with van der Waals surface area (Å²) in [5, 5.41) is 12.4. The first kappa shape index (κ1) is 40.6. The van der Waals surface area contributed by atoms with Crippen molar-refractivity contribution in [2.75, 3.05) is 44.0 Å². The monoisotopic (exact) mass is 792 g/mol. The fraction of sp³-hybridized carbons (Fsp3) is 0.457. The first-order chi connectivity index (χ1) is 27.6. The SMILES string of the molecule is Cc1noc(C)c1-c1ccc(NCCC2CCOCC2)c(N)c1.Cc1noc(C)c1-c1ccc2c(c1)nc(C(C)Cc1ccc(Cl)cc1)n2CCC1CCOCC1. The van der Waals surface area contributed by atoms with Crippen molar-refractivity contribution in [3.8, 4) is 22.3 Å². The lowest BCUT2D eigenvalue weighted by molar-refractivity contribution is 0.0626. The van der Waals surface area contributed by atoms with Gasteiger partial charge in [0.05, 0.1) is 33.8 Å². The van der Waals surface area contributed by atoms with E-state index in [2.05, 4.69) is 63.5 Å². The lowest BCUT2D eigenvalue weighted by Crippen LogP contribution is -2.18. The lowest BCUT2D eigenvalue weighted by Gasteiger charge is -2.23. The van der Waals surface area contributed by atoms with Gasteiger partial charge < -0.3 is 34.1 Å². The second kappa shape index (κ2) is 18.7. The van der Waals surface area contributed by atoms with Crippen molar-refractivity contribution < 1.29 is 18.5 Å². The van der Waals surface area contributed by atoms with E-state index in [-0.39, 0.29) is 5.92 Å². The van der Waals surface area contributed by atoms with Crippen molar-refractivity contribution in [2.24, 2.45) is 11.8 Å². The molecule has 2 saturated heterocycles. The molecule has 0 radical (unpaired) electrons. The first-order valence-corrected chi connectivity index (χ1v) is 20.9. The number of ether oxygens (including phenoxy) is 2. The Hall–Kier alpha value is -4.64. The molecule has 0 saturated carbocycles. The van der Waals surface area contributed by atoms with E-state index in [0.29, 0.717) is 5.92 Å². The van der Waals surface area contributed by atoms with E-state index >= 15 is 0 Å². The molecule has 6 aromatic rings. The summed E-state index contributed by atoms with van der Waals surface area (Å²) in [5.41, 5.74) is 17.5. The molecule has 2 fully saturated rings. The minimum Gasteiger partial charge on any atom is -0.397 e. The summed E-state index contributed by atoms with van der Waals surface area (Å²) >= 11 is 6.10. The molecule has 11 heteroatoms. The van der Waals surface area contributed by atoms with Gasteiger partial charge in [0.1, 0.15) is 17.3 Å². The quantitative estimate of drug-likeness (QED) is 0.116. The van der Waals surface area contributed by atoms with E-state index in [9.17, 15) is 0 Å². The van der Waals surface area contributed by atoms with Crippen LogP contribution in [0.3, 0.4) is 0 Å². The fourth-order valence-electron chi connectivity index (χ4n) is 8.44. The van der Waals surface area contributed by atoms with Gasteiger partial charge in [-0.05, 0) is 138 Å². The molecule has 8 rings (SSSR count). The summed E-state index contributed by atoms with van der Waals surface area (Å²) in [7, 11) is 0. The number of fused-ring (bicyclic) bond motifs is 1. The number of rotatable bonds is 12. The average molecular weight is 793 g/mol. The van der Waals surface area contributed by atoms with Gasteiger partial charge >= 0.3 is 0 Å². The van der Waals surface area contributed by atoms with Crippen molar-refractivity contribution in [2.45, 2.75) is 92.0 Å². The van der Waals surface area contributed by atoms with Crippen LogP contribution in [-0.4, -0.2) is 52.8 Å². The maximum absolute atomic E-state index is 6.21. The van der Waals surface area contributed by atoms with Gasteiger partial charge in [0.15, 0.2) is 0 Å². The predicted octanol–water partition coefficient (Wildman–Crippen LogP) is 10.9. The number of nitrogens with two attached hydrogens (primary N) is 1. The highest BCUT2D eigenvalue weighted by Crippen LogP contribution is 2.34. The third kappa shape index (κ3) is 9.91. The number of aromatic nitrogens is 4. The highest BCUT2D eigenvalue weighted by atomic mass is 35.5. The number of nitrogens with one attached hydrogen (secondary N) is 1. The van der Waals surface area contributed by atoms with Crippen LogP contribution in [0.1, 0.15) is 85.7 Å². The number of nitrogen functional groups attached to an aromatic ring is 1. The Morgan fingerprint density at radius 1 is 0.772 bits per heavy atom. The maximum atomic E-state index is 6.21. The van der Waals surface area contributed by atoms with Gasteiger partial charge in [0.2, 0.25) is 0 Å². The molecule has 3 aromatic heterocycles. The highest BCUT2D eigenvalue weighted by molar-refractivity contribution is 6.30. The number of aryl methyl sites for hydroxylation is 5. The van der Waals surface area contributed by atoms with E-state index in [4.69, 9.17) is 40.8 Å². The van der Waals surface area contributed by atoms with Crippen molar-refractivity contribution in [3.05, 3.63) is 100.0 Å². The van der Waals surface area contributed by atoms with Crippen LogP contribution >= 0.6 is 11.6 Å². The van der Waals surface area contributed by atoms with Gasteiger partial charge in [0.25, 0.3) is 0 Å². The van der Waals surface area contributed by atoms with E-state index in [1.807, 2.05) is 52.0 Å². The number of anilines is 2. The van der Waals surface area contributed by atoms with Gasteiger partial charge in [-0.2, -0.15) is 0 Å². The van der Waals surface area contributed by atoms with Gasteiger partial charge in [-0.3, -0.25) is 0 Å². The average Bonchev–Trinajstić information content (AvgIpc) is 3.88. The fourth-order valence-corrected chi connectivity index (χ4v) is 8.57. The van der Waals surface area contributed by atoms with Gasteiger partial charge in [0, 0.05) is 61.6 Å². The molecule has 2 aliphatic rings. The zero-order chi connectivity index (χ0) is 39.9. The molecule has 302 valence electrons. The lowest BCUT2D eigenvalue weighted by atomic mass is 9.96. The molecule has 1 atom stereocenters. The minimum atomic E-state index is 0.283. The van der Waals surface area contributed by atoms with E-state index in [0.717, 1.165) is 150 Å². The van der Waals surface area contributed by atoms with Crippen LogP contribution in [0.25, 0.3) is 33.3 Å². The van der Waals surface area contributed by atoms with Crippen LogP contribution in [-0.2, 0) is 22.4 Å². The molecular weight excluding hydrogens is 736 g/mol. The smallest absolute Gasteiger partial charge is 0.141 e. The molecule has 0 spiro atoms. The number of halogens is 1. The Morgan fingerprint density at radius 2 is 1.35 bits per heavy atom. The normalized spacial score (nSPS) is 15.8. The second-order valence-corrected chi connectivity index (χ2v) is 16.3. The van der Waals surface area contributed by atoms with Gasteiger partial charge in [-0.15, -0.1) is 0 Å². The summed E-state index contributed by atoms with van der Waals surface area (Å²) in [6, 6.07) is 20.8. The van der Waals surface area contributed by atoms with E-state index in [1.165, 1.54) is 23.9 Å². The molecule has 2 aliphatic heterocycles. The maximum Gasteiger partial charge on any atom is 0.141 e. The Bertz CT molecular complexity index is 2190. The topological polar surface area (TPSA) is 126 Å². The van der Waals surface area contributed by atoms with Crippen LogP contribution in [0.5, 0.6) is 0 Å². The van der Waals surface area contributed by atoms with Crippen molar-refractivity contribution in [3.63, 3.8) is 0 Å². The summed E-state index contributed by atoms with van der Waals surface area (Å²) in [6.45, 7) is 15.6. The second-order valence-electron chi connectivity index (χ2n) is 15.9. The summed E-state index contributed by atoms with van der Waals surface area (Å²) < 4.78 is 24.1. The van der Waals surface area contributed by atoms with E-state index in [1.54, 1.807) is 0 Å². The Morgan fingerprint density at radius 3 is 1.93 bits per heavy atom. The van der Waals surface area contributed by atoms with Crippen LogP contribution in [0.4, 0.5) is 11.4 Å². The molecule has 5 heterocycles. The predicted molar refractivity (Wildman–Crippen MR) is 229 cm³/mol. The van der Waals surface area contributed by atoms with Gasteiger partial charge in [-0.25, -0.2) is 4.98 Å². The van der Waals surface area contributed by atoms with Crippen molar-refractivity contribution >= 4 is 34.0 Å². The Labute approximate surface area is 341 Å². The molecule has 10 nitrogen and oxygen atoms in total. The van der Waals surface area contributed by atoms with Crippen molar-refractivity contribution in [1.82, 2.24) is 19.9 Å². The van der Waals surface area contributed by atoms with Crippen LogP contribution in [0, 0.1) is 39.5 Å². The Balaban J connectivity index is 0.000000188. The molecule has 0 amide bonds. The molecule has 3 N–H and O–H groups in total.